The highest BCUT2D eigenvalue weighted by Crippen LogP contribution is 2.32. The van der Waals surface area contributed by atoms with E-state index in [0.717, 1.165) is 17.7 Å². The molecule has 0 fully saturated rings. The number of anilines is 1. The van der Waals surface area contributed by atoms with E-state index in [9.17, 15) is 9.59 Å². The first-order chi connectivity index (χ1) is 8.02. The Bertz CT molecular complexity index is 477. The smallest absolute Gasteiger partial charge is 0.299 e. The molecule has 3 nitrogen and oxygen atoms in total. The molecule has 0 unspecified atom stereocenters. The third-order valence-electron chi connectivity index (χ3n) is 3.12. The van der Waals surface area contributed by atoms with Gasteiger partial charge >= 0.3 is 0 Å². The van der Waals surface area contributed by atoms with E-state index in [4.69, 9.17) is 0 Å². The summed E-state index contributed by atoms with van der Waals surface area (Å²) in [5.74, 6) is -0.228. The second-order valence-corrected chi connectivity index (χ2v) is 4.94. The van der Waals surface area contributed by atoms with Crippen LogP contribution in [0.1, 0.15) is 36.2 Å². The molecule has 0 atom stereocenters. The lowest BCUT2D eigenvalue weighted by atomic mass is 10.1. The van der Waals surface area contributed by atoms with Gasteiger partial charge < -0.3 is 4.90 Å². The third kappa shape index (κ3) is 1.97. The van der Waals surface area contributed by atoms with E-state index in [1.165, 1.54) is 0 Å². The highest BCUT2D eigenvalue weighted by Gasteiger charge is 2.36. The predicted octanol–water partition coefficient (Wildman–Crippen LogP) is 2.57. The fourth-order valence-corrected chi connectivity index (χ4v) is 2.14. The highest BCUT2D eigenvalue weighted by atomic mass is 16.2. The molecule has 1 amide bonds. The first kappa shape index (κ1) is 11.8. The number of hydrogen-bond donors (Lipinski definition) is 0. The third-order valence-corrected chi connectivity index (χ3v) is 3.12. The minimum Gasteiger partial charge on any atom is -0.304 e. The molecular weight excluding hydrogens is 214 g/mol. The number of aryl methyl sites for hydroxylation is 1. The lowest BCUT2D eigenvalue weighted by molar-refractivity contribution is -0.114. The monoisotopic (exact) mass is 231 g/mol. The normalized spacial score (nSPS) is 14.7. The van der Waals surface area contributed by atoms with Crippen LogP contribution in [0.2, 0.25) is 0 Å². The zero-order valence-corrected chi connectivity index (χ0v) is 10.5. The van der Waals surface area contributed by atoms with Crippen LogP contribution in [-0.2, 0) is 4.79 Å². The number of carbonyl (C=O) groups is 2. The summed E-state index contributed by atoms with van der Waals surface area (Å²) >= 11 is 0. The maximum atomic E-state index is 11.9. The second kappa shape index (κ2) is 4.32. The van der Waals surface area contributed by atoms with Crippen molar-refractivity contribution >= 4 is 17.4 Å². The quantitative estimate of drug-likeness (QED) is 0.750. The topological polar surface area (TPSA) is 37.4 Å². The zero-order valence-electron chi connectivity index (χ0n) is 10.5. The molecule has 3 heteroatoms. The van der Waals surface area contributed by atoms with Gasteiger partial charge in [0.05, 0.1) is 11.3 Å². The Morgan fingerprint density at radius 1 is 1.24 bits per heavy atom. The SMILES string of the molecule is Cc1cccc2c1N(CCC(C)C)C(=O)C2=O. The molecule has 0 aromatic heterocycles. The molecular formula is C14H17NO2. The van der Waals surface area contributed by atoms with Crippen molar-refractivity contribution in [1.29, 1.82) is 0 Å². The molecule has 2 rings (SSSR count). The molecule has 90 valence electrons. The van der Waals surface area contributed by atoms with Gasteiger partial charge in [-0.2, -0.15) is 0 Å². The number of hydrogen-bond acceptors (Lipinski definition) is 2. The van der Waals surface area contributed by atoms with Crippen LogP contribution in [0.5, 0.6) is 0 Å². The van der Waals surface area contributed by atoms with Gasteiger partial charge in [0.2, 0.25) is 0 Å². The van der Waals surface area contributed by atoms with Crippen molar-refractivity contribution < 1.29 is 9.59 Å². The van der Waals surface area contributed by atoms with Crippen LogP contribution in [-0.4, -0.2) is 18.2 Å². The van der Waals surface area contributed by atoms with Gasteiger partial charge in [0.1, 0.15) is 0 Å². The largest absolute Gasteiger partial charge is 0.304 e. The Balaban J connectivity index is 2.36. The van der Waals surface area contributed by atoms with E-state index in [1.807, 2.05) is 19.1 Å². The number of fused-ring (bicyclic) bond motifs is 1. The molecule has 1 aromatic carbocycles. The summed E-state index contributed by atoms with van der Waals surface area (Å²) in [6.07, 6.45) is 0.910. The van der Waals surface area contributed by atoms with E-state index in [-0.39, 0.29) is 11.7 Å². The number of ketones is 1. The van der Waals surface area contributed by atoms with Crippen LogP contribution >= 0.6 is 0 Å². The maximum absolute atomic E-state index is 11.9. The summed E-state index contributed by atoms with van der Waals surface area (Å²) in [6.45, 7) is 6.79. The zero-order chi connectivity index (χ0) is 12.6. The van der Waals surface area contributed by atoms with Crippen molar-refractivity contribution in [1.82, 2.24) is 0 Å². The first-order valence-corrected chi connectivity index (χ1v) is 5.98. The average molecular weight is 231 g/mol. The van der Waals surface area contributed by atoms with Crippen molar-refractivity contribution in [3.63, 3.8) is 0 Å². The van der Waals surface area contributed by atoms with E-state index < -0.39 is 0 Å². The first-order valence-electron chi connectivity index (χ1n) is 5.98. The number of amides is 1. The number of rotatable bonds is 3. The van der Waals surface area contributed by atoms with E-state index >= 15 is 0 Å². The van der Waals surface area contributed by atoms with Crippen molar-refractivity contribution in [3.05, 3.63) is 29.3 Å². The minimum absolute atomic E-state index is 0.368. The van der Waals surface area contributed by atoms with Gasteiger partial charge in [-0.1, -0.05) is 26.0 Å². The van der Waals surface area contributed by atoms with Crippen molar-refractivity contribution in [2.45, 2.75) is 27.2 Å². The molecule has 0 aliphatic carbocycles. The minimum atomic E-state index is -0.380. The van der Waals surface area contributed by atoms with Crippen LogP contribution in [0.15, 0.2) is 18.2 Å². The summed E-state index contributed by atoms with van der Waals surface area (Å²) in [6, 6.07) is 5.50. The van der Waals surface area contributed by atoms with Gasteiger partial charge in [-0.3, -0.25) is 9.59 Å². The molecule has 0 saturated heterocycles. The number of carbonyl (C=O) groups excluding carboxylic acids is 2. The Morgan fingerprint density at radius 2 is 1.94 bits per heavy atom. The van der Waals surface area contributed by atoms with E-state index in [1.54, 1.807) is 11.0 Å². The molecule has 1 aliphatic rings. The van der Waals surface area contributed by atoms with E-state index in [0.29, 0.717) is 18.0 Å². The Labute approximate surface area is 101 Å². The lowest BCUT2D eigenvalue weighted by Crippen LogP contribution is -2.31. The van der Waals surface area contributed by atoms with Crippen molar-refractivity contribution in [3.8, 4) is 0 Å². The van der Waals surface area contributed by atoms with Crippen LogP contribution in [0.4, 0.5) is 5.69 Å². The van der Waals surface area contributed by atoms with Crippen LogP contribution in [0.25, 0.3) is 0 Å². The molecule has 1 aromatic rings. The fourth-order valence-electron chi connectivity index (χ4n) is 2.14. The summed E-state index contributed by atoms with van der Waals surface area (Å²) in [7, 11) is 0. The highest BCUT2D eigenvalue weighted by molar-refractivity contribution is 6.52. The van der Waals surface area contributed by atoms with Gasteiger partial charge in [0, 0.05) is 6.54 Å². The molecule has 0 spiro atoms. The fraction of sp³-hybridized carbons (Fsp3) is 0.429. The molecule has 0 bridgehead atoms. The number of Topliss-reactive ketones (excluding diaryl/α,β-unsaturated/α-hetero) is 1. The number of nitrogens with zero attached hydrogens (tertiary/aromatic N) is 1. The van der Waals surface area contributed by atoms with Gasteiger partial charge in [-0.05, 0) is 30.9 Å². The standard InChI is InChI=1S/C14H17NO2/c1-9(2)7-8-15-12-10(3)5-4-6-11(12)13(16)14(15)17/h4-6,9H,7-8H2,1-3H3. The van der Waals surface area contributed by atoms with Gasteiger partial charge in [0.15, 0.2) is 0 Å². The summed E-state index contributed by atoms with van der Waals surface area (Å²) in [5.41, 5.74) is 2.35. The number of para-hydroxylation sites is 1. The second-order valence-electron chi connectivity index (χ2n) is 4.94. The summed E-state index contributed by atoms with van der Waals surface area (Å²) in [5, 5.41) is 0. The molecule has 0 saturated carbocycles. The van der Waals surface area contributed by atoms with Crippen LogP contribution < -0.4 is 4.90 Å². The van der Waals surface area contributed by atoms with Crippen molar-refractivity contribution in [2.75, 3.05) is 11.4 Å². The molecule has 1 heterocycles. The Hall–Kier alpha value is -1.64. The van der Waals surface area contributed by atoms with Gasteiger partial charge in [-0.15, -0.1) is 0 Å². The Morgan fingerprint density at radius 3 is 2.59 bits per heavy atom. The average Bonchev–Trinajstić information content (AvgIpc) is 2.52. The van der Waals surface area contributed by atoms with Gasteiger partial charge in [0.25, 0.3) is 11.7 Å². The molecule has 0 N–H and O–H groups in total. The predicted molar refractivity (Wildman–Crippen MR) is 67.3 cm³/mol. The molecule has 1 aliphatic heterocycles. The lowest BCUT2D eigenvalue weighted by Gasteiger charge is -2.19. The summed E-state index contributed by atoms with van der Waals surface area (Å²) in [4.78, 5) is 25.3. The van der Waals surface area contributed by atoms with Crippen molar-refractivity contribution in [2.24, 2.45) is 5.92 Å². The summed E-state index contributed by atoms with van der Waals surface area (Å²) < 4.78 is 0. The van der Waals surface area contributed by atoms with Crippen LogP contribution in [0, 0.1) is 12.8 Å². The maximum Gasteiger partial charge on any atom is 0.299 e. The van der Waals surface area contributed by atoms with E-state index in [2.05, 4.69) is 13.8 Å². The van der Waals surface area contributed by atoms with Crippen LogP contribution in [0.3, 0.4) is 0 Å². The van der Waals surface area contributed by atoms with Gasteiger partial charge in [-0.25, -0.2) is 0 Å². The molecule has 0 radical (unpaired) electrons. The molecule has 17 heavy (non-hydrogen) atoms. The number of benzene rings is 1. The Kier molecular flexibility index (Phi) is 3.01.